The summed E-state index contributed by atoms with van der Waals surface area (Å²) in [7, 11) is -1.89. The molecule has 2 fully saturated rings. The maximum Gasteiger partial charge on any atom is 0.241 e. The highest BCUT2D eigenvalue weighted by Crippen LogP contribution is 2.34. The molecule has 2 atom stereocenters. The lowest BCUT2D eigenvalue weighted by molar-refractivity contribution is -0.137. The molecule has 1 saturated carbocycles. The molecule has 3 aromatic rings. The molecule has 0 unspecified atom stereocenters. The number of aromatic nitrogens is 2. The van der Waals surface area contributed by atoms with Crippen LogP contribution < -0.4 is 4.72 Å². The third-order valence-electron chi connectivity index (χ3n) is 7.25. The highest BCUT2D eigenvalue weighted by molar-refractivity contribution is 7.89. The fraction of sp³-hybridized carbons (Fsp3) is 0.480. The molecule has 186 valence electrons. The van der Waals surface area contributed by atoms with Crippen molar-refractivity contribution in [3.63, 3.8) is 0 Å². The van der Waals surface area contributed by atoms with Gasteiger partial charge < -0.3 is 14.3 Å². The fourth-order valence-corrected chi connectivity index (χ4v) is 6.88. The number of likely N-dealkylation sites (N-methyl/N-ethyl adjacent to an activating group) is 1. The maximum absolute atomic E-state index is 13.8. The van der Waals surface area contributed by atoms with Crippen LogP contribution in [-0.2, 0) is 14.8 Å². The number of amides is 1. The number of aryl methyl sites for hydroxylation is 2. The predicted octanol–water partition coefficient (Wildman–Crippen LogP) is 2.73. The molecule has 3 heterocycles. The molecular formula is C25H31N5O4S. The Morgan fingerprint density at radius 1 is 1.14 bits per heavy atom. The Kier molecular flexibility index (Phi) is 6.37. The number of hydrogen-bond acceptors (Lipinski definition) is 7. The van der Waals surface area contributed by atoms with E-state index in [2.05, 4.69) is 19.8 Å². The summed E-state index contributed by atoms with van der Waals surface area (Å²) in [6, 6.07) is 6.57. The van der Waals surface area contributed by atoms with E-state index in [0.717, 1.165) is 25.1 Å². The zero-order chi connectivity index (χ0) is 24.7. The highest BCUT2D eigenvalue weighted by Gasteiger charge is 2.39. The smallest absolute Gasteiger partial charge is 0.241 e. The Labute approximate surface area is 205 Å². The summed E-state index contributed by atoms with van der Waals surface area (Å²) < 4.78 is 35.8. The van der Waals surface area contributed by atoms with E-state index in [0.29, 0.717) is 53.9 Å². The molecule has 35 heavy (non-hydrogen) atoms. The second-order valence-corrected chi connectivity index (χ2v) is 11.3. The van der Waals surface area contributed by atoms with Crippen molar-refractivity contribution in [3.8, 4) is 11.1 Å². The van der Waals surface area contributed by atoms with Gasteiger partial charge in [0.25, 0.3) is 0 Å². The number of fused-ring (bicyclic) bond motifs is 1. The number of carbonyl (C=O) groups excluding carboxylic acids is 1. The van der Waals surface area contributed by atoms with Crippen molar-refractivity contribution in [2.24, 2.45) is 5.92 Å². The average Bonchev–Trinajstić information content (AvgIpc) is 3.43. The van der Waals surface area contributed by atoms with Crippen LogP contribution in [0.4, 0.5) is 0 Å². The van der Waals surface area contributed by atoms with Crippen molar-refractivity contribution in [1.82, 2.24) is 24.7 Å². The number of nitrogens with one attached hydrogen (secondary N) is 1. The van der Waals surface area contributed by atoms with Crippen LogP contribution >= 0.6 is 0 Å². The maximum atomic E-state index is 13.8. The molecule has 1 N–H and O–H groups in total. The van der Waals surface area contributed by atoms with Gasteiger partial charge in [-0.05, 0) is 63.6 Å². The minimum Gasteiger partial charge on any atom is -0.361 e. The van der Waals surface area contributed by atoms with E-state index in [-0.39, 0.29) is 16.7 Å². The summed E-state index contributed by atoms with van der Waals surface area (Å²) in [5.74, 6) is 0.324. The molecule has 1 aliphatic heterocycles. The van der Waals surface area contributed by atoms with E-state index in [9.17, 15) is 13.2 Å². The molecule has 1 amide bonds. The van der Waals surface area contributed by atoms with Gasteiger partial charge in [-0.3, -0.25) is 9.78 Å². The Morgan fingerprint density at radius 2 is 1.91 bits per heavy atom. The molecule has 9 nitrogen and oxygen atoms in total. The van der Waals surface area contributed by atoms with Crippen LogP contribution in [0.5, 0.6) is 0 Å². The lowest BCUT2D eigenvalue weighted by atomic mass is 10.0. The first-order valence-corrected chi connectivity index (χ1v) is 13.5. The van der Waals surface area contributed by atoms with Gasteiger partial charge in [0.2, 0.25) is 15.9 Å². The molecule has 1 saturated heterocycles. The third kappa shape index (κ3) is 4.57. The minimum absolute atomic E-state index is 0.0549. The van der Waals surface area contributed by atoms with Crippen LogP contribution in [0.15, 0.2) is 39.9 Å². The van der Waals surface area contributed by atoms with Crippen LogP contribution in [0.1, 0.15) is 30.7 Å². The van der Waals surface area contributed by atoms with Crippen molar-refractivity contribution < 1.29 is 17.7 Å². The molecule has 5 rings (SSSR count). The number of nitrogens with zero attached hydrogens (tertiary/aromatic N) is 4. The molecule has 1 aliphatic carbocycles. The zero-order valence-corrected chi connectivity index (χ0v) is 21.1. The number of hydrogen-bond donors (Lipinski definition) is 1. The molecule has 2 aliphatic rings. The molecule has 1 aromatic carbocycles. The molecule has 10 heteroatoms. The van der Waals surface area contributed by atoms with Crippen molar-refractivity contribution in [3.05, 3.63) is 41.9 Å². The Hall–Kier alpha value is -2.82. The van der Waals surface area contributed by atoms with Crippen molar-refractivity contribution in [2.75, 3.05) is 33.2 Å². The van der Waals surface area contributed by atoms with Gasteiger partial charge in [-0.2, -0.15) is 0 Å². The highest BCUT2D eigenvalue weighted by atomic mass is 32.2. The molecule has 0 radical (unpaired) electrons. The van der Waals surface area contributed by atoms with Crippen molar-refractivity contribution >= 4 is 26.8 Å². The number of sulfonamides is 1. The van der Waals surface area contributed by atoms with Gasteiger partial charge in [0.05, 0.1) is 22.0 Å². The summed E-state index contributed by atoms with van der Waals surface area (Å²) in [6.07, 6.45) is 3.80. The first kappa shape index (κ1) is 23.9. The van der Waals surface area contributed by atoms with Gasteiger partial charge >= 0.3 is 0 Å². The lowest BCUT2D eigenvalue weighted by Crippen LogP contribution is -2.51. The van der Waals surface area contributed by atoms with Gasteiger partial charge in [0, 0.05) is 49.4 Å². The lowest BCUT2D eigenvalue weighted by Gasteiger charge is -2.35. The number of carbonyl (C=O) groups is 1. The second-order valence-electron chi connectivity index (χ2n) is 9.64. The van der Waals surface area contributed by atoms with Gasteiger partial charge in [0.15, 0.2) is 0 Å². The number of pyridine rings is 1. The van der Waals surface area contributed by atoms with E-state index in [4.69, 9.17) is 4.52 Å². The van der Waals surface area contributed by atoms with Gasteiger partial charge in [-0.1, -0.05) is 11.6 Å². The summed E-state index contributed by atoms with van der Waals surface area (Å²) in [5, 5.41) is 4.56. The predicted molar refractivity (Wildman–Crippen MR) is 132 cm³/mol. The summed E-state index contributed by atoms with van der Waals surface area (Å²) in [4.78, 5) is 21.9. The third-order valence-corrected chi connectivity index (χ3v) is 8.78. The Balaban J connectivity index is 1.48. The zero-order valence-electron chi connectivity index (χ0n) is 20.3. The minimum atomic E-state index is -3.94. The van der Waals surface area contributed by atoms with Crippen LogP contribution in [0.25, 0.3) is 22.0 Å². The largest absolute Gasteiger partial charge is 0.361 e. The first-order valence-electron chi connectivity index (χ1n) is 12.1. The van der Waals surface area contributed by atoms with Crippen LogP contribution in [0.3, 0.4) is 0 Å². The SMILES string of the molecule is Cc1noc(C)c1-c1cc(S(=O)(=O)N[C@@H]2CCC[C@H]2C(=O)N2CCN(C)CC2)c2cccnc2c1. The van der Waals surface area contributed by atoms with Crippen LogP contribution in [-0.4, -0.2) is 73.5 Å². The number of piperazine rings is 1. The van der Waals surface area contributed by atoms with Gasteiger partial charge in [-0.25, -0.2) is 13.1 Å². The second kappa shape index (κ2) is 9.33. The average molecular weight is 498 g/mol. The summed E-state index contributed by atoms with van der Waals surface area (Å²) >= 11 is 0. The van der Waals surface area contributed by atoms with Gasteiger partial charge in [-0.15, -0.1) is 0 Å². The number of benzene rings is 1. The molecule has 0 spiro atoms. The standard InChI is InChI=1S/C25H31N5O4S/c1-16-24(17(2)34-27-16)18-14-22-19(7-5-9-26-22)23(15-18)35(32,33)28-21-8-4-6-20(21)25(31)30-12-10-29(3)11-13-30/h5,7,9,14-15,20-21,28H,4,6,8,10-13H2,1-3H3/t20-,21-/m1/s1. The van der Waals surface area contributed by atoms with Crippen LogP contribution in [0.2, 0.25) is 0 Å². The van der Waals surface area contributed by atoms with E-state index >= 15 is 0 Å². The molecule has 0 bridgehead atoms. The quantitative estimate of drug-likeness (QED) is 0.577. The van der Waals surface area contributed by atoms with E-state index in [1.807, 2.05) is 24.9 Å². The Morgan fingerprint density at radius 3 is 2.63 bits per heavy atom. The van der Waals surface area contributed by atoms with E-state index in [1.165, 1.54) is 0 Å². The number of rotatable bonds is 5. The van der Waals surface area contributed by atoms with Crippen LogP contribution in [0, 0.1) is 19.8 Å². The molecular weight excluding hydrogens is 466 g/mol. The summed E-state index contributed by atoms with van der Waals surface area (Å²) in [6.45, 7) is 6.66. The van der Waals surface area contributed by atoms with E-state index in [1.54, 1.807) is 31.3 Å². The van der Waals surface area contributed by atoms with Crippen molar-refractivity contribution in [2.45, 2.75) is 44.0 Å². The monoisotopic (exact) mass is 497 g/mol. The van der Waals surface area contributed by atoms with Crippen molar-refractivity contribution in [1.29, 1.82) is 0 Å². The topological polar surface area (TPSA) is 109 Å². The van der Waals surface area contributed by atoms with Gasteiger partial charge in [0.1, 0.15) is 5.76 Å². The normalized spacial score (nSPS) is 21.6. The fourth-order valence-electron chi connectivity index (χ4n) is 5.33. The molecule has 2 aromatic heterocycles. The Bertz CT molecular complexity index is 1340. The first-order chi connectivity index (χ1) is 16.7. The van der Waals surface area contributed by atoms with E-state index < -0.39 is 16.1 Å². The summed E-state index contributed by atoms with van der Waals surface area (Å²) in [5.41, 5.74) is 2.70.